The smallest absolute Gasteiger partial charge is 0.336 e. The van der Waals surface area contributed by atoms with Gasteiger partial charge in [-0.15, -0.1) is 0 Å². The molecule has 0 heterocycles. The third-order valence-corrected chi connectivity index (χ3v) is 3.62. The molecule has 0 saturated heterocycles. The molecule has 0 fully saturated rings. The van der Waals surface area contributed by atoms with Gasteiger partial charge in [-0.1, -0.05) is 12.1 Å². The Hall–Kier alpha value is -1.81. The van der Waals surface area contributed by atoms with Crippen molar-refractivity contribution in [3.63, 3.8) is 0 Å². The lowest BCUT2D eigenvalue weighted by Gasteiger charge is -2.09. The number of halogens is 1. The summed E-state index contributed by atoms with van der Waals surface area (Å²) >= 11 is 3.24. The minimum absolute atomic E-state index is 0.256. The van der Waals surface area contributed by atoms with Crippen LogP contribution in [-0.4, -0.2) is 18.2 Å². The summed E-state index contributed by atoms with van der Waals surface area (Å²) in [5.74, 6) is -0.127. The molecule has 0 radical (unpaired) electrons. The van der Waals surface area contributed by atoms with E-state index < -0.39 is 5.97 Å². The Kier molecular flexibility index (Phi) is 3.90. The summed E-state index contributed by atoms with van der Waals surface area (Å²) in [6.07, 6.45) is 0. The first-order valence-corrected chi connectivity index (χ1v) is 6.50. The summed E-state index contributed by atoms with van der Waals surface area (Å²) in [6.45, 7) is 1.96. The summed E-state index contributed by atoms with van der Waals surface area (Å²) in [7, 11) is 1.63. The van der Waals surface area contributed by atoms with Crippen LogP contribution in [0.4, 0.5) is 0 Å². The van der Waals surface area contributed by atoms with Gasteiger partial charge in [0.15, 0.2) is 0 Å². The average Bonchev–Trinajstić information content (AvgIpc) is 2.38. The Bertz CT molecular complexity index is 635. The lowest BCUT2D eigenvalue weighted by atomic mass is 10.0. The van der Waals surface area contributed by atoms with E-state index in [0.717, 1.165) is 22.4 Å². The molecule has 0 aliphatic rings. The number of carboxylic acid groups (broad SMARTS) is 1. The van der Waals surface area contributed by atoms with Crippen LogP contribution in [0, 0.1) is 6.92 Å². The van der Waals surface area contributed by atoms with Gasteiger partial charge in [0.2, 0.25) is 0 Å². The molecule has 2 rings (SSSR count). The van der Waals surface area contributed by atoms with Crippen molar-refractivity contribution in [3.8, 4) is 16.9 Å². The van der Waals surface area contributed by atoms with Gasteiger partial charge in [0, 0.05) is 4.47 Å². The van der Waals surface area contributed by atoms with Crippen molar-refractivity contribution in [3.05, 3.63) is 52.0 Å². The van der Waals surface area contributed by atoms with Crippen molar-refractivity contribution >= 4 is 21.9 Å². The molecule has 0 unspecified atom stereocenters. The molecule has 0 saturated carbocycles. The molecular weight excluding hydrogens is 308 g/mol. The Morgan fingerprint density at radius 1 is 1.16 bits per heavy atom. The highest BCUT2D eigenvalue weighted by Gasteiger charge is 2.10. The van der Waals surface area contributed by atoms with Crippen molar-refractivity contribution in [1.82, 2.24) is 0 Å². The first-order chi connectivity index (χ1) is 9.02. The maximum Gasteiger partial charge on any atom is 0.336 e. The number of carboxylic acids is 1. The minimum Gasteiger partial charge on any atom is -0.496 e. The van der Waals surface area contributed by atoms with Gasteiger partial charge < -0.3 is 9.84 Å². The van der Waals surface area contributed by atoms with E-state index >= 15 is 0 Å². The van der Waals surface area contributed by atoms with Crippen molar-refractivity contribution in [1.29, 1.82) is 0 Å². The Morgan fingerprint density at radius 3 is 2.37 bits per heavy atom. The van der Waals surface area contributed by atoms with Crippen molar-refractivity contribution < 1.29 is 14.6 Å². The molecule has 2 aromatic rings. The average molecular weight is 321 g/mol. The van der Waals surface area contributed by atoms with Crippen molar-refractivity contribution in [2.45, 2.75) is 6.92 Å². The molecule has 0 bridgehead atoms. The second-order valence-electron chi connectivity index (χ2n) is 4.18. The van der Waals surface area contributed by atoms with Gasteiger partial charge in [-0.2, -0.15) is 0 Å². The highest BCUT2D eigenvalue weighted by molar-refractivity contribution is 9.10. The van der Waals surface area contributed by atoms with Crippen LogP contribution >= 0.6 is 15.9 Å². The molecule has 19 heavy (non-hydrogen) atoms. The van der Waals surface area contributed by atoms with E-state index in [1.165, 1.54) is 0 Å². The number of aryl methyl sites for hydroxylation is 1. The summed E-state index contributed by atoms with van der Waals surface area (Å²) < 4.78 is 5.79. The Labute approximate surface area is 120 Å². The Balaban J connectivity index is 2.50. The zero-order valence-electron chi connectivity index (χ0n) is 10.6. The molecule has 4 heteroatoms. The fraction of sp³-hybridized carbons (Fsp3) is 0.133. The van der Waals surface area contributed by atoms with E-state index in [1.807, 2.05) is 31.2 Å². The second-order valence-corrected chi connectivity index (χ2v) is 5.04. The van der Waals surface area contributed by atoms with Crippen LogP contribution in [0.2, 0.25) is 0 Å². The van der Waals surface area contributed by atoms with E-state index in [4.69, 9.17) is 9.84 Å². The summed E-state index contributed by atoms with van der Waals surface area (Å²) in [5, 5.41) is 9.12. The summed E-state index contributed by atoms with van der Waals surface area (Å²) in [6, 6.07) is 11.1. The van der Waals surface area contributed by atoms with E-state index in [1.54, 1.807) is 19.2 Å². The molecule has 0 aliphatic heterocycles. The fourth-order valence-corrected chi connectivity index (χ4v) is 2.34. The largest absolute Gasteiger partial charge is 0.496 e. The molecule has 0 aliphatic carbocycles. The monoisotopic (exact) mass is 320 g/mol. The zero-order valence-corrected chi connectivity index (χ0v) is 12.2. The third kappa shape index (κ3) is 2.79. The van der Waals surface area contributed by atoms with Gasteiger partial charge in [-0.25, -0.2) is 4.79 Å². The molecular formula is C15H13BrO3. The van der Waals surface area contributed by atoms with Crippen LogP contribution in [-0.2, 0) is 0 Å². The highest BCUT2D eigenvalue weighted by atomic mass is 79.9. The van der Waals surface area contributed by atoms with E-state index in [0.29, 0.717) is 4.47 Å². The quantitative estimate of drug-likeness (QED) is 0.924. The number of hydrogen-bond acceptors (Lipinski definition) is 2. The molecule has 3 nitrogen and oxygen atoms in total. The van der Waals surface area contributed by atoms with Crippen LogP contribution in [0.1, 0.15) is 15.9 Å². The summed E-state index contributed by atoms with van der Waals surface area (Å²) in [4.78, 5) is 11.1. The molecule has 0 spiro atoms. The van der Waals surface area contributed by atoms with E-state index in [2.05, 4.69) is 15.9 Å². The van der Waals surface area contributed by atoms with Crippen LogP contribution in [0.5, 0.6) is 5.75 Å². The molecule has 1 N–H and O–H groups in total. The fourth-order valence-electron chi connectivity index (χ4n) is 1.93. The normalized spacial score (nSPS) is 10.3. The predicted molar refractivity (Wildman–Crippen MR) is 77.8 cm³/mol. The van der Waals surface area contributed by atoms with Crippen LogP contribution < -0.4 is 4.74 Å². The minimum atomic E-state index is -0.945. The summed E-state index contributed by atoms with van der Waals surface area (Å²) in [5.41, 5.74) is 3.10. The maximum absolute atomic E-state index is 11.1. The lowest BCUT2D eigenvalue weighted by molar-refractivity contribution is 0.0696. The van der Waals surface area contributed by atoms with E-state index in [9.17, 15) is 4.79 Å². The topological polar surface area (TPSA) is 46.5 Å². The molecule has 0 atom stereocenters. The predicted octanol–water partition coefficient (Wildman–Crippen LogP) is 4.13. The number of ether oxygens (including phenoxy) is 1. The van der Waals surface area contributed by atoms with Gasteiger partial charge in [0.05, 0.1) is 12.7 Å². The zero-order chi connectivity index (χ0) is 14.0. The first-order valence-electron chi connectivity index (χ1n) is 5.71. The van der Waals surface area contributed by atoms with Gasteiger partial charge in [-0.05, 0) is 63.8 Å². The number of aromatic carboxylic acids is 1. The maximum atomic E-state index is 11.1. The van der Waals surface area contributed by atoms with Crippen molar-refractivity contribution in [2.75, 3.05) is 7.11 Å². The SMILES string of the molecule is COc1ccc(-c2ccc(Br)c(C(=O)O)c2)cc1C. The number of benzene rings is 2. The van der Waals surface area contributed by atoms with E-state index in [-0.39, 0.29) is 5.56 Å². The first kappa shape index (κ1) is 13.6. The van der Waals surface area contributed by atoms with Crippen LogP contribution in [0.25, 0.3) is 11.1 Å². The third-order valence-electron chi connectivity index (χ3n) is 2.92. The lowest BCUT2D eigenvalue weighted by Crippen LogP contribution is -1.98. The van der Waals surface area contributed by atoms with Gasteiger partial charge in [0.25, 0.3) is 0 Å². The van der Waals surface area contributed by atoms with Crippen LogP contribution in [0.3, 0.4) is 0 Å². The highest BCUT2D eigenvalue weighted by Crippen LogP contribution is 2.29. The standard InChI is InChI=1S/C15H13BrO3/c1-9-7-10(4-6-14(9)19-2)11-3-5-13(16)12(8-11)15(17)18/h3-8H,1-2H3,(H,17,18). The number of carbonyl (C=O) groups is 1. The van der Waals surface area contributed by atoms with Crippen molar-refractivity contribution in [2.24, 2.45) is 0 Å². The molecule has 0 amide bonds. The van der Waals surface area contributed by atoms with Crippen LogP contribution in [0.15, 0.2) is 40.9 Å². The number of methoxy groups -OCH3 is 1. The Morgan fingerprint density at radius 2 is 1.79 bits per heavy atom. The van der Waals surface area contributed by atoms with Gasteiger partial charge in [0.1, 0.15) is 5.75 Å². The van der Waals surface area contributed by atoms with Gasteiger partial charge >= 0.3 is 5.97 Å². The number of hydrogen-bond donors (Lipinski definition) is 1. The molecule has 98 valence electrons. The molecule has 0 aromatic heterocycles. The van der Waals surface area contributed by atoms with Gasteiger partial charge in [-0.3, -0.25) is 0 Å². The molecule has 2 aromatic carbocycles. The number of rotatable bonds is 3. The second kappa shape index (κ2) is 5.45.